The molecule has 5 heteroatoms. The minimum absolute atomic E-state index is 0.436. The third-order valence-electron chi connectivity index (χ3n) is 1.99. The molecule has 86 valence electrons. The van der Waals surface area contributed by atoms with E-state index in [1.54, 1.807) is 0 Å². The Morgan fingerprint density at radius 2 is 2.00 bits per heavy atom. The molecule has 0 fully saturated rings. The molecule has 2 nitrogen and oxygen atoms in total. The molecule has 0 N–H and O–H groups in total. The molecule has 1 aromatic carbocycles. The van der Waals surface area contributed by atoms with Crippen LogP contribution in [0.15, 0.2) is 21.1 Å². The van der Waals surface area contributed by atoms with E-state index in [9.17, 15) is 0 Å². The Morgan fingerprint density at radius 3 is 2.38 bits per heavy atom. The fourth-order valence-electron chi connectivity index (χ4n) is 1.15. The molecule has 1 aromatic rings. The first kappa shape index (κ1) is 13.8. The summed E-state index contributed by atoms with van der Waals surface area (Å²) in [4.78, 5) is 0. The van der Waals surface area contributed by atoms with Crippen molar-refractivity contribution < 1.29 is 4.74 Å². The summed E-state index contributed by atoms with van der Waals surface area (Å²) in [6, 6.07) is 5.87. The maximum absolute atomic E-state index is 8.84. The number of hydrogen-bond donors (Lipinski definition) is 0. The average Bonchev–Trinajstić information content (AvgIpc) is 2.28. The fourth-order valence-corrected chi connectivity index (χ4v) is 2.77. The van der Waals surface area contributed by atoms with Crippen LogP contribution in [-0.4, -0.2) is 6.10 Å². The Labute approximate surface area is 117 Å². The van der Waals surface area contributed by atoms with E-state index < -0.39 is 6.10 Å². The van der Waals surface area contributed by atoms with Crippen LogP contribution in [0, 0.1) is 11.3 Å². The number of nitrogens with zero attached hydrogens (tertiary/aromatic N) is 1. The molecule has 0 aliphatic heterocycles. The first-order valence-electron chi connectivity index (χ1n) is 4.72. The van der Waals surface area contributed by atoms with Gasteiger partial charge in [-0.25, -0.2) is 0 Å². The van der Waals surface area contributed by atoms with Crippen LogP contribution in [0.4, 0.5) is 0 Å². The molecule has 0 radical (unpaired) electrons. The summed E-state index contributed by atoms with van der Waals surface area (Å²) >= 11 is 12.6. The smallest absolute Gasteiger partial charge is 0.184 e. The highest BCUT2D eigenvalue weighted by molar-refractivity contribution is 9.11. The average molecular weight is 367 g/mol. The lowest BCUT2D eigenvalue weighted by Gasteiger charge is -2.14. The van der Waals surface area contributed by atoms with Crippen molar-refractivity contribution in [3.63, 3.8) is 0 Å². The van der Waals surface area contributed by atoms with Crippen LogP contribution in [0.5, 0.6) is 5.75 Å². The van der Waals surface area contributed by atoms with E-state index >= 15 is 0 Å². The number of rotatable bonds is 4. The molecule has 0 heterocycles. The van der Waals surface area contributed by atoms with Gasteiger partial charge in [-0.2, -0.15) is 5.26 Å². The summed E-state index contributed by atoms with van der Waals surface area (Å²) < 4.78 is 7.17. The van der Waals surface area contributed by atoms with E-state index in [1.807, 2.05) is 19.1 Å². The second-order valence-electron chi connectivity index (χ2n) is 3.17. The van der Waals surface area contributed by atoms with Crippen LogP contribution in [-0.2, 0) is 5.88 Å². The molecular formula is C11H10Br2ClNO. The second-order valence-corrected chi connectivity index (χ2v) is 5.14. The molecule has 0 amide bonds. The Hall–Kier alpha value is -0.240. The molecular weight excluding hydrogens is 357 g/mol. The maximum Gasteiger partial charge on any atom is 0.184 e. The van der Waals surface area contributed by atoms with Crippen molar-refractivity contribution in [3.8, 4) is 11.8 Å². The number of hydrogen-bond acceptors (Lipinski definition) is 2. The quantitative estimate of drug-likeness (QED) is 0.727. The molecule has 0 saturated carbocycles. The highest BCUT2D eigenvalue weighted by atomic mass is 79.9. The van der Waals surface area contributed by atoms with Crippen molar-refractivity contribution in [2.75, 3.05) is 0 Å². The van der Waals surface area contributed by atoms with Crippen molar-refractivity contribution in [1.82, 2.24) is 0 Å². The van der Waals surface area contributed by atoms with Crippen LogP contribution < -0.4 is 4.74 Å². The minimum atomic E-state index is -0.436. The Kier molecular flexibility index (Phi) is 5.60. The molecule has 0 aliphatic rings. The van der Waals surface area contributed by atoms with Gasteiger partial charge in [0.1, 0.15) is 11.8 Å². The van der Waals surface area contributed by atoms with E-state index in [0.717, 1.165) is 14.5 Å². The van der Waals surface area contributed by atoms with Crippen molar-refractivity contribution in [3.05, 3.63) is 26.6 Å². The molecule has 16 heavy (non-hydrogen) atoms. The Balaban J connectivity index is 3.01. The predicted molar refractivity (Wildman–Crippen MR) is 71.7 cm³/mol. The van der Waals surface area contributed by atoms with E-state index in [-0.39, 0.29) is 0 Å². The van der Waals surface area contributed by atoms with Crippen molar-refractivity contribution in [2.24, 2.45) is 0 Å². The third kappa shape index (κ3) is 3.38. The molecule has 0 saturated heterocycles. The zero-order valence-electron chi connectivity index (χ0n) is 8.64. The molecule has 0 bridgehead atoms. The van der Waals surface area contributed by atoms with Gasteiger partial charge in [0.05, 0.1) is 8.95 Å². The van der Waals surface area contributed by atoms with E-state index in [2.05, 4.69) is 37.9 Å². The van der Waals surface area contributed by atoms with Gasteiger partial charge in [-0.3, -0.25) is 0 Å². The zero-order chi connectivity index (χ0) is 12.1. The van der Waals surface area contributed by atoms with Crippen molar-refractivity contribution in [1.29, 1.82) is 5.26 Å². The summed E-state index contributed by atoms with van der Waals surface area (Å²) in [5.41, 5.74) is 0.984. The van der Waals surface area contributed by atoms with Crippen LogP contribution in [0.3, 0.4) is 0 Å². The number of alkyl halides is 1. The van der Waals surface area contributed by atoms with Crippen LogP contribution in [0.1, 0.15) is 18.9 Å². The summed E-state index contributed by atoms with van der Waals surface area (Å²) in [6.07, 6.45) is 0.210. The summed E-state index contributed by atoms with van der Waals surface area (Å²) in [6.45, 7) is 1.91. The normalized spacial score (nSPS) is 11.9. The van der Waals surface area contributed by atoms with Gasteiger partial charge in [-0.05, 0) is 56.0 Å². The SMILES string of the molecule is CCC(C#N)Oc1c(Br)cc(CCl)cc1Br. The molecule has 1 unspecified atom stereocenters. The van der Waals surface area contributed by atoms with Crippen LogP contribution in [0.25, 0.3) is 0 Å². The van der Waals surface area contributed by atoms with Gasteiger partial charge in [0, 0.05) is 5.88 Å². The van der Waals surface area contributed by atoms with Gasteiger partial charge in [-0.15, -0.1) is 11.6 Å². The maximum atomic E-state index is 8.84. The van der Waals surface area contributed by atoms with Gasteiger partial charge in [0.15, 0.2) is 6.10 Å². The first-order valence-corrected chi connectivity index (χ1v) is 6.84. The highest BCUT2D eigenvalue weighted by Gasteiger charge is 2.13. The Morgan fingerprint density at radius 1 is 1.44 bits per heavy atom. The topological polar surface area (TPSA) is 33.0 Å². The van der Waals surface area contributed by atoms with E-state index in [1.165, 1.54) is 0 Å². The Bertz CT molecular complexity index is 394. The van der Waals surface area contributed by atoms with Gasteiger partial charge < -0.3 is 4.74 Å². The predicted octanol–water partition coefficient (Wildman–Crippen LogP) is 4.63. The standard InChI is InChI=1S/C11H10Br2ClNO/c1-2-8(6-15)16-11-9(12)3-7(5-14)4-10(11)13/h3-4,8H,2,5H2,1H3. The third-order valence-corrected chi connectivity index (χ3v) is 3.47. The van der Waals surface area contributed by atoms with Gasteiger partial charge in [0.25, 0.3) is 0 Å². The monoisotopic (exact) mass is 365 g/mol. The number of benzene rings is 1. The molecule has 0 spiro atoms. The first-order chi connectivity index (χ1) is 7.62. The van der Waals surface area contributed by atoms with E-state index in [0.29, 0.717) is 18.1 Å². The number of nitriles is 1. The fraction of sp³-hybridized carbons (Fsp3) is 0.364. The van der Waals surface area contributed by atoms with Crippen LogP contribution >= 0.6 is 43.5 Å². The van der Waals surface area contributed by atoms with Gasteiger partial charge in [0.2, 0.25) is 0 Å². The summed E-state index contributed by atoms with van der Waals surface area (Å²) in [7, 11) is 0. The minimum Gasteiger partial charge on any atom is -0.473 e. The van der Waals surface area contributed by atoms with Crippen LogP contribution in [0.2, 0.25) is 0 Å². The van der Waals surface area contributed by atoms with Crippen molar-refractivity contribution >= 4 is 43.5 Å². The summed E-state index contributed by atoms with van der Waals surface area (Å²) in [5, 5.41) is 8.84. The summed E-state index contributed by atoms with van der Waals surface area (Å²) in [5.74, 6) is 1.08. The molecule has 0 aromatic heterocycles. The lowest BCUT2D eigenvalue weighted by atomic mass is 10.2. The number of ether oxygens (including phenoxy) is 1. The molecule has 0 aliphatic carbocycles. The van der Waals surface area contributed by atoms with Gasteiger partial charge >= 0.3 is 0 Å². The lowest BCUT2D eigenvalue weighted by Crippen LogP contribution is -2.13. The zero-order valence-corrected chi connectivity index (χ0v) is 12.6. The largest absolute Gasteiger partial charge is 0.473 e. The van der Waals surface area contributed by atoms with Gasteiger partial charge in [-0.1, -0.05) is 6.92 Å². The van der Waals surface area contributed by atoms with E-state index in [4.69, 9.17) is 21.6 Å². The second kappa shape index (κ2) is 6.48. The number of halogens is 3. The van der Waals surface area contributed by atoms with Crippen molar-refractivity contribution in [2.45, 2.75) is 25.3 Å². The molecule has 1 rings (SSSR count). The lowest BCUT2D eigenvalue weighted by molar-refractivity contribution is 0.248. The molecule has 1 atom stereocenters. The highest BCUT2D eigenvalue weighted by Crippen LogP contribution is 2.36.